The summed E-state index contributed by atoms with van der Waals surface area (Å²) in [7, 11) is -3.90. The predicted molar refractivity (Wildman–Crippen MR) is 72.3 cm³/mol. The highest BCUT2D eigenvalue weighted by atomic mass is 32.2. The van der Waals surface area contributed by atoms with Gasteiger partial charge < -0.3 is 10.1 Å². The molecule has 7 nitrogen and oxygen atoms in total. The fraction of sp³-hybridized carbons (Fsp3) is 0.167. The molecular weight excluding hydrogens is 282 g/mol. The lowest BCUT2D eigenvalue weighted by Gasteiger charge is -2.11. The van der Waals surface area contributed by atoms with Crippen LogP contribution in [0.25, 0.3) is 0 Å². The second-order valence-electron chi connectivity index (χ2n) is 4.26. The van der Waals surface area contributed by atoms with Gasteiger partial charge in [0.15, 0.2) is 0 Å². The number of aryl methyl sites for hydroxylation is 1. The number of benzene rings is 1. The summed E-state index contributed by atoms with van der Waals surface area (Å²) in [5, 5.41) is 9.01. The lowest BCUT2D eigenvalue weighted by Crippen LogP contribution is -2.16. The minimum absolute atomic E-state index is 0.0720. The van der Waals surface area contributed by atoms with Gasteiger partial charge in [0.1, 0.15) is 0 Å². The van der Waals surface area contributed by atoms with E-state index in [9.17, 15) is 13.2 Å². The van der Waals surface area contributed by atoms with Crippen LogP contribution in [-0.4, -0.2) is 29.5 Å². The van der Waals surface area contributed by atoms with Crippen LogP contribution in [0.3, 0.4) is 0 Å². The molecule has 3 N–H and O–H groups in total. The normalized spacial score (nSPS) is 11.3. The molecule has 0 atom stereocenters. The first-order chi connectivity index (χ1) is 9.31. The number of imidazole rings is 1. The number of hydrogen-bond donors (Lipinski definition) is 3. The summed E-state index contributed by atoms with van der Waals surface area (Å²) >= 11 is 0. The zero-order valence-electron chi connectivity index (χ0n) is 10.8. The molecule has 0 aliphatic carbocycles. The first kappa shape index (κ1) is 14.1. The Kier molecular flexibility index (Phi) is 3.49. The molecule has 2 aromatic rings. The van der Waals surface area contributed by atoms with E-state index in [0.29, 0.717) is 11.1 Å². The largest absolute Gasteiger partial charge is 0.478 e. The topological polar surface area (TPSA) is 112 Å². The van der Waals surface area contributed by atoms with Crippen molar-refractivity contribution in [3.8, 4) is 0 Å². The van der Waals surface area contributed by atoms with Gasteiger partial charge in [-0.1, -0.05) is 0 Å². The number of hydrogen-bond acceptors (Lipinski definition) is 4. The van der Waals surface area contributed by atoms with E-state index in [1.165, 1.54) is 18.5 Å². The highest BCUT2D eigenvalue weighted by Crippen LogP contribution is 2.22. The molecule has 1 aromatic carbocycles. The van der Waals surface area contributed by atoms with Crippen LogP contribution in [0.15, 0.2) is 29.4 Å². The van der Waals surface area contributed by atoms with Crippen LogP contribution in [-0.2, 0) is 10.0 Å². The van der Waals surface area contributed by atoms with E-state index in [-0.39, 0.29) is 16.4 Å². The fourth-order valence-corrected chi connectivity index (χ4v) is 3.06. The minimum atomic E-state index is -3.90. The maximum absolute atomic E-state index is 12.3. The van der Waals surface area contributed by atoms with Gasteiger partial charge in [0.2, 0.25) is 5.95 Å². The highest BCUT2D eigenvalue weighted by Gasteiger charge is 2.21. The van der Waals surface area contributed by atoms with Crippen LogP contribution in [0.4, 0.5) is 5.95 Å². The van der Waals surface area contributed by atoms with Crippen LogP contribution in [0.2, 0.25) is 0 Å². The smallest absolute Gasteiger partial charge is 0.335 e. The Morgan fingerprint density at radius 3 is 2.60 bits per heavy atom. The van der Waals surface area contributed by atoms with Crippen molar-refractivity contribution >= 4 is 21.9 Å². The Morgan fingerprint density at radius 1 is 1.35 bits per heavy atom. The molecule has 8 heteroatoms. The maximum atomic E-state index is 12.3. The Hall–Kier alpha value is -2.35. The number of sulfonamides is 1. The molecule has 0 amide bonds. The number of nitrogens with one attached hydrogen (secondary N) is 2. The summed E-state index contributed by atoms with van der Waals surface area (Å²) < 4.78 is 26.8. The molecular formula is C12H13N3O4S. The van der Waals surface area contributed by atoms with Crippen molar-refractivity contribution in [1.29, 1.82) is 0 Å². The number of nitrogens with zero attached hydrogens (tertiary/aromatic N) is 1. The number of aromatic nitrogens is 2. The standard InChI is InChI=1S/C12H13N3O4S/c1-7-5-9(11(16)17)6-10(8(7)2)20(18,19)15-12-13-3-4-14-12/h3-6H,1-2H3,(H,16,17)(H2,13,14,15). The molecule has 0 unspecified atom stereocenters. The van der Waals surface area contributed by atoms with Crippen molar-refractivity contribution in [3.63, 3.8) is 0 Å². The molecule has 0 saturated heterocycles. The number of carboxylic acid groups (broad SMARTS) is 1. The van der Waals surface area contributed by atoms with Gasteiger partial charge in [-0.3, -0.25) is 0 Å². The van der Waals surface area contributed by atoms with Crippen LogP contribution in [0.1, 0.15) is 21.5 Å². The van der Waals surface area contributed by atoms with Gasteiger partial charge in [0.05, 0.1) is 10.5 Å². The number of carbonyl (C=O) groups is 1. The maximum Gasteiger partial charge on any atom is 0.335 e. The lowest BCUT2D eigenvalue weighted by molar-refractivity contribution is 0.0696. The molecule has 2 rings (SSSR count). The molecule has 1 aromatic heterocycles. The molecule has 1 heterocycles. The SMILES string of the molecule is Cc1cc(C(=O)O)cc(S(=O)(=O)Nc2ncc[nH]2)c1C. The number of aromatic amines is 1. The Balaban J connectivity index is 2.53. The van der Waals surface area contributed by atoms with Gasteiger partial charge in [-0.05, 0) is 37.1 Å². The van der Waals surface area contributed by atoms with E-state index in [1.807, 2.05) is 0 Å². The summed E-state index contributed by atoms with van der Waals surface area (Å²) in [6.45, 7) is 3.28. The third kappa shape index (κ3) is 2.64. The molecule has 0 fully saturated rings. The van der Waals surface area contributed by atoms with Crippen molar-refractivity contribution in [2.45, 2.75) is 18.7 Å². The van der Waals surface area contributed by atoms with Gasteiger partial charge in [-0.15, -0.1) is 0 Å². The first-order valence-corrected chi connectivity index (χ1v) is 7.16. The first-order valence-electron chi connectivity index (χ1n) is 5.68. The summed E-state index contributed by atoms with van der Waals surface area (Å²) in [4.78, 5) is 17.3. The minimum Gasteiger partial charge on any atom is -0.478 e. The number of H-pyrrole nitrogens is 1. The second kappa shape index (κ2) is 4.97. The van der Waals surface area contributed by atoms with E-state index >= 15 is 0 Å². The van der Waals surface area contributed by atoms with Gasteiger partial charge in [0, 0.05) is 12.4 Å². The molecule has 106 valence electrons. The van der Waals surface area contributed by atoms with E-state index in [4.69, 9.17) is 5.11 Å². The molecule has 0 spiro atoms. The van der Waals surface area contributed by atoms with Crippen molar-refractivity contribution < 1.29 is 18.3 Å². The van der Waals surface area contributed by atoms with E-state index < -0.39 is 16.0 Å². The Bertz CT molecular complexity index is 751. The van der Waals surface area contributed by atoms with Crippen LogP contribution in [0.5, 0.6) is 0 Å². The molecule has 0 aliphatic heterocycles. The number of rotatable bonds is 4. The van der Waals surface area contributed by atoms with E-state index in [0.717, 1.165) is 6.07 Å². The fourth-order valence-electron chi connectivity index (χ4n) is 1.73. The third-order valence-corrected chi connectivity index (χ3v) is 4.35. The molecule has 0 bridgehead atoms. The van der Waals surface area contributed by atoms with Crippen LogP contribution in [0, 0.1) is 13.8 Å². The zero-order valence-corrected chi connectivity index (χ0v) is 11.7. The number of anilines is 1. The van der Waals surface area contributed by atoms with Gasteiger partial charge in [-0.2, -0.15) is 0 Å². The summed E-state index contributed by atoms with van der Waals surface area (Å²) in [5.41, 5.74) is 1.01. The van der Waals surface area contributed by atoms with Crippen molar-refractivity contribution in [2.24, 2.45) is 0 Å². The quantitative estimate of drug-likeness (QED) is 0.791. The van der Waals surface area contributed by atoms with Crippen molar-refractivity contribution in [2.75, 3.05) is 4.72 Å². The zero-order chi connectivity index (χ0) is 14.9. The van der Waals surface area contributed by atoms with Crippen molar-refractivity contribution in [1.82, 2.24) is 9.97 Å². The third-order valence-electron chi connectivity index (χ3n) is 2.89. The summed E-state index contributed by atoms with van der Waals surface area (Å²) in [6, 6.07) is 2.57. The molecule has 0 saturated carbocycles. The van der Waals surface area contributed by atoms with Crippen LogP contribution < -0.4 is 4.72 Å². The number of aromatic carboxylic acids is 1. The molecule has 0 radical (unpaired) electrons. The second-order valence-corrected chi connectivity index (χ2v) is 5.92. The molecule has 0 aliphatic rings. The Morgan fingerprint density at radius 2 is 2.05 bits per heavy atom. The summed E-state index contributed by atoms with van der Waals surface area (Å²) in [6.07, 6.45) is 2.88. The number of carboxylic acids is 1. The lowest BCUT2D eigenvalue weighted by atomic mass is 10.1. The highest BCUT2D eigenvalue weighted by molar-refractivity contribution is 7.92. The Labute approximate surface area is 115 Å². The van der Waals surface area contributed by atoms with Gasteiger partial charge >= 0.3 is 5.97 Å². The monoisotopic (exact) mass is 295 g/mol. The van der Waals surface area contributed by atoms with Gasteiger partial charge in [-0.25, -0.2) is 22.9 Å². The summed E-state index contributed by atoms with van der Waals surface area (Å²) in [5.74, 6) is -1.11. The predicted octanol–water partition coefficient (Wildman–Crippen LogP) is 1.53. The van der Waals surface area contributed by atoms with Gasteiger partial charge in [0.25, 0.3) is 10.0 Å². The van der Waals surface area contributed by atoms with Crippen LogP contribution >= 0.6 is 0 Å². The average Bonchev–Trinajstić information content (AvgIpc) is 2.83. The van der Waals surface area contributed by atoms with E-state index in [2.05, 4.69) is 14.7 Å². The molecule has 20 heavy (non-hydrogen) atoms. The average molecular weight is 295 g/mol. The van der Waals surface area contributed by atoms with E-state index in [1.54, 1.807) is 13.8 Å². The van der Waals surface area contributed by atoms with Crippen molar-refractivity contribution in [3.05, 3.63) is 41.2 Å².